The highest BCUT2D eigenvalue weighted by Crippen LogP contribution is 2.28. The van der Waals surface area contributed by atoms with Crippen molar-refractivity contribution in [2.45, 2.75) is 24.0 Å². The van der Waals surface area contributed by atoms with Crippen LogP contribution in [0.25, 0.3) is 16.6 Å². The lowest BCUT2D eigenvalue weighted by molar-refractivity contribution is 0.305. The Morgan fingerprint density at radius 3 is 2.53 bits per heavy atom. The van der Waals surface area contributed by atoms with E-state index < -0.39 is 0 Å². The van der Waals surface area contributed by atoms with Crippen LogP contribution >= 0.6 is 23.4 Å². The second-order valence-corrected chi connectivity index (χ2v) is 8.33. The second-order valence-electron chi connectivity index (χ2n) is 6.98. The smallest absolute Gasteiger partial charge is 0.278 e. The molecule has 0 saturated carbocycles. The van der Waals surface area contributed by atoms with Crippen molar-refractivity contribution >= 4 is 34.3 Å². The molecule has 0 fully saturated rings. The molecule has 0 radical (unpaired) electrons. The maximum atomic E-state index is 12.7. The molecule has 0 N–H and O–H groups in total. The number of hydrogen-bond acceptors (Lipinski definition) is 7. The minimum absolute atomic E-state index is 0.0331. The Hall–Kier alpha value is -2.75. The van der Waals surface area contributed by atoms with Gasteiger partial charge in [-0.15, -0.1) is 15.3 Å². The molecule has 0 spiro atoms. The van der Waals surface area contributed by atoms with Crippen LogP contribution in [0.4, 0.5) is 0 Å². The number of fused-ring (bicyclic) bond motifs is 1. The van der Waals surface area contributed by atoms with E-state index in [1.54, 1.807) is 12.1 Å². The molecule has 4 rings (SSSR count). The van der Waals surface area contributed by atoms with Gasteiger partial charge in [0.2, 0.25) is 0 Å². The maximum Gasteiger partial charge on any atom is 0.278 e. The molecule has 0 saturated heterocycles. The molecule has 0 amide bonds. The molecule has 0 aliphatic heterocycles. The molecule has 30 heavy (non-hydrogen) atoms. The van der Waals surface area contributed by atoms with E-state index in [-0.39, 0.29) is 17.5 Å². The van der Waals surface area contributed by atoms with E-state index in [1.807, 2.05) is 55.1 Å². The molecule has 0 aliphatic rings. The molecular weight excluding hydrogens is 422 g/mol. The van der Waals surface area contributed by atoms with E-state index >= 15 is 0 Å². The number of thioether (sulfide) groups is 1. The monoisotopic (exact) mass is 441 g/mol. The molecule has 1 atom stereocenters. The van der Waals surface area contributed by atoms with E-state index in [9.17, 15) is 4.79 Å². The normalized spacial score (nSPS) is 12.6. The number of nitrogens with zero attached hydrogens (tertiary/aromatic N) is 7. The third-order valence-electron chi connectivity index (χ3n) is 4.84. The Bertz CT molecular complexity index is 1240. The predicted molar refractivity (Wildman–Crippen MR) is 118 cm³/mol. The zero-order chi connectivity index (χ0) is 21.3. The molecule has 0 aliphatic carbocycles. The van der Waals surface area contributed by atoms with Gasteiger partial charge in [-0.1, -0.05) is 40.7 Å². The van der Waals surface area contributed by atoms with E-state index in [2.05, 4.69) is 32.3 Å². The summed E-state index contributed by atoms with van der Waals surface area (Å²) in [4.78, 5) is 14.8. The van der Waals surface area contributed by atoms with E-state index in [1.165, 1.54) is 16.4 Å². The fourth-order valence-corrected chi connectivity index (χ4v) is 3.90. The summed E-state index contributed by atoms with van der Waals surface area (Å²) in [5.74, 6) is 1.06. The second kappa shape index (κ2) is 8.55. The third-order valence-corrected chi connectivity index (χ3v) is 5.98. The summed E-state index contributed by atoms with van der Waals surface area (Å²) < 4.78 is 3.31. The summed E-state index contributed by atoms with van der Waals surface area (Å²) in [7, 11) is 3.98. The number of rotatable bonds is 6. The van der Waals surface area contributed by atoms with Crippen LogP contribution < -0.4 is 5.56 Å². The fourth-order valence-electron chi connectivity index (χ4n) is 2.94. The van der Waals surface area contributed by atoms with Gasteiger partial charge in [-0.25, -0.2) is 0 Å². The van der Waals surface area contributed by atoms with E-state index in [4.69, 9.17) is 11.6 Å². The van der Waals surface area contributed by atoms with Gasteiger partial charge in [0.05, 0.1) is 17.3 Å². The van der Waals surface area contributed by atoms with Gasteiger partial charge in [0.1, 0.15) is 5.52 Å². The lowest BCUT2D eigenvalue weighted by atomic mass is 10.2. The van der Waals surface area contributed by atoms with E-state index in [0.717, 1.165) is 11.5 Å². The predicted octanol–water partition coefficient (Wildman–Crippen LogP) is 3.40. The van der Waals surface area contributed by atoms with Crippen molar-refractivity contribution in [2.75, 3.05) is 14.1 Å². The maximum absolute atomic E-state index is 12.7. The van der Waals surface area contributed by atoms with Gasteiger partial charge in [0.25, 0.3) is 5.56 Å². The van der Waals surface area contributed by atoms with Crippen LogP contribution in [-0.4, -0.2) is 48.8 Å². The van der Waals surface area contributed by atoms with Crippen molar-refractivity contribution in [3.63, 3.8) is 0 Å². The highest BCUT2D eigenvalue weighted by atomic mass is 35.5. The Labute approximate surface area is 182 Å². The summed E-state index contributed by atoms with van der Waals surface area (Å²) in [6.07, 6.45) is 0. The summed E-state index contributed by atoms with van der Waals surface area (Å²) in [5, 5.41) is 18.8. The van der Waals surface area contributed by atoms with Gasteiger partial charge in [0.15, 0.2) is 11.0 Å². The van der Waals surface area contributed by atoms with E-state index in [0.29, 0.717) is 21.1 Å². The zero-order valence-electron chi connectivity index (χ0n) is 16.7. The quantitative estimate of drug-likeness (QED) is 0.424. The first kappa shape index (κ1) is 20.5. The van der Waals surface area contributed by atoms with Crippen molar-refractivity contribution < 1.29 is 0 Å². The van der Waals surface area contributed by atoms with Gasteiger partial charge in [-0.05, 0) is 57.4 Å². The average Bonchev–Trinajstić information content (AvgIpc) is 3.17. The molecular formula is C20H20ClN7OS. The largest absolute Gasteiger partial charge is 0.300 e. The molecule has 2 heterocycles. The van der Waals surface area contributed by atoms with Crippen LogP contribution in [0.5, 0.6) is 0 Å². The first-order valence-corrected chi connectivity index (χ1v) is 10.6. The molecule has 2 aromatic carbocycles. The molecule has 0 unspecified atom stereocenters. The Morgan fingerprint density at radius 1 is 1.07 bits per heavy atom. The first-order chi connectivity index (χ1) is 14.5. The van der Waals surface area contributed by atoms with Crippen molar-refractivity contribution in [3.8, 4) is 5.69 Å². The molecule has 2 aromatic heterocycles. The molecule has 4 aromatic rings. The highest BCUT2D eigenvalue weighted by molar-refractivity contribution is 7.98. The molecule has 0 bridgehead atoms. The van der Waals surface area contributed by atoms with Crippen LogP contribution in [0.2, 0.25) is 5.02 Å². The Kier molecular flexibility index (Phi) is 5.85. The van der Waals surface area contributed by atoms with Crippen LogP contribution in [0.3, 0.4) is 0 Å². The van der Waals surface area contributed by atoms with Crippen molar-refractivity contribution in [2.24, 2.45) is 0 Å². The minimum Gasteiger partial charge on any atom is -0.300 e. The lowest BCUT2D eigenvalue weighted by Gasteiger charge is -2.20. The molecule has 10 heteroatoms. The molecule has 154 valence electrons. The highest BCUT2D eigenvalue weighted by Gasteiger charge is 2.21. The number of hydrogen-bond donors (Lipinski definition) is 0. The number of aromatic nitrogens is 6. The Balaban J connectivity index is 1.70. The molecule has 8 nitrogen and oxygen atoms in total. The Morgan fingerprint density at radius 2 is 1.80 bits per heavy atom. The van der Waals surface area contributed by atoms with Gasteiger partial charge in [0, 0.05) is 10.7 Å². The van der Waals surface area contributed by atoms with Gasteiger partial charge >= 0.3 is 0 Å². The summed E-state index contributed by atoms with van der Waals surface area (Å²) in [6.45, 7) is 2.06. The standard InChI is InChI=1S/C20H20ClN7OS/c1-13(26(2)3)18-23-24-20(28(18)15-10-8-14(21)9-11-15)30-12-27-19(29)16-6-4-5-7-17(16)22-25-27/h4-11,13H,12H2,1-3H3/t13-/m0/s1. The number of benzene rings is 2. The summed E-state index contributed by atoms with van der Waals surface area (Å²) >= 11 is 7.43. The third kappa shape index (κ3) is 3.96. The van der Waals surface area contributed by atoms with Crippen LogP contribution in [-0.2, 0) is 5.88 Å². The lowest BCUT2D eigenvalue weighted by Crippen LogP contribution is -2.23. The number of halogens is 1. The van der Waals surface area contributed by atoms with Crippen LogP contribution in [0, 0.1) is 0 Å². The minimum atomic E-state index is -0.187. The average molecular weight is 442 g/mol. The first-order valence-electron chi connectivity index (χ1n) is 9.28. The van der Waals surface area contributed by atoms with Crippen molar-refractivity contribution in [3.05, 3.63) is 69.7 Å². The fraction of sp³-hybridized carbons (Fsp3) is 0.250. The topological polar surface area (TPSA) is 81.7 Å². The summed E-state index contributed by atoms with van der Waals surface area (Å²) in [5.41, 5.74) is 1.29. The van der Waals surface area contributed by atoms with Crippen LogP contribution in [0.1, 0.15) is 18.8 Å². The van der Waals surface area contributed by atoms with Crippen molar-refractivity contribution in [1.82, 2.24) is 34.7 Å². The van der Waals surface area contributed by atoms with Crippen LogP contribution in [0.15, 0.2) is 58.5 Å². The van der Waals surface area contributed by atoms with Gasteiger partial charge in [-0.2, -0.15) is 4.68 Å². The van der Waals surface area contributed by atoms with Gasteiger partial charge < -0.3 is 0 Å². The van der Waals surface area contributed by atoms with Gasteiger partial charge in [-0.3, -0.25) is 14.3 Å². The van der Waals surface area contributed by atoms with Crippen molar-refractivity contribution in [1.29, 1.82) is 0 Å². The zero-order valence-corrected chi connectivity index (χ0v) is 18.3. The SMILES string of the molecule is C[C@@H](c1nnc(SCn2nnc3ccccc3c2=O)n1-c1ccc(Cl)cc1)N(C)C. The summed E-state index contributed by atoms with van der Waals surface area (Å²) in [6, 6.07) is 14.7.